The van der Waals surface area contributed by atoms with Crippen LogP contribution >= 0.6 is 11.6 Å². The fourth-order valence-corrected chi connectivity index (χ4v) is 2.73. The van der Waals surface area contributed by atoms with E-state index in [9.17, 15) is 4.79 Å². The van der Waals surface area contributed by atoms with Crippen molar-refractivity contribution in [2.75, 3.05) is 32.1 Å². The van der Waals surface area contributed by atoms with E-state index in [0.29, 0.717) is 12.2 Å². The minimum Gasteiger partial charge on any atom is -0.462 e. The van der Waals surface area contributed by atoms with Crippen molar-refractivity contribution in [2.24, 2.45) is 0 Å². The highest BCUT2D eigenvalue weighted by Crippen LogP contribution is 2.02. The first kappa shape index (κ1) is 31.1. The molecule has 4 heteroatoms. The smallest absolute Gasteiger partial charge is 0.338 e. The van der Waals surface area contributed by atoms with Gasteiger partial charge in [0.15, 0.2) is 0 Å². The van der Waals surface area contributed by atoms with Crippen molar-refractivity contribution in [3.05, 3.63) is 35.9 Å². The normalized spacial score (nSPS) is 9.97. The van der Waals surface area contributed by atoms with Crippen LogP contribution in [0.4, 0.5) is 0 Å². The van der Waals surface area contributed by atoms with E-state index in [-0.39, 0.29) is 5.97 Å². The van der Waals surface area contributed by atoms with Crippen LogP contribution in [0, 0.1) is 0 Å². The maximum absolute atomic E-state index is 11.2. The van der Waals surface area contributed by atoms with E-state index in [1.54, 1.807) is 12.1 Å². The topological polar surface area (TPSA) is 29.5 Å². The van der Waals surface area contributed by atoms with E-state index in [4.69, 9.17) is 16.3 Å². The van der Waals surface area contributed by atoms with Gasteiger partial charge in [0.25, 0.3) is 0 Å². The van der Waals surface area contributed by atoms with Gasteiger partial charge in [-0.25, -0.2) is 4.79 Å². The number of unbranched alkanes of at least 4 members (excludes halogenated alkanes) is 4. The van der Waals surface area contributed by atoms with Crippen LogP contribution in [0.2, 0.25) is 0 Å². The standard InChI is InChI=1S/C12H27N.C10H12O2.C4H9Cl/c1-4-7-10-13(11-8-5-2)12-9-6-3;1-2-8-12-10(11)9-6-4-3-5-7-9;1-2-3-4-5/h4-12H2,1-3H3;3-7H,2,8H2,1H3;2-4H2,1H3. The molecule has 0 saturated heterocycles. The Labute approximate surface area is 192 Å². The van der Waals surface area contributed by atoms with Gasteiger partial charge in [-0.2, -0.15) is 0 Å². The number of nitrogens with zero attached hydrogens (tertiary/aromatic N) is 1. The maximum atomic E-state index is 11.2. The lowest BCUT2D eigenvalue weighted by Gasteiger charge is -2.21. The first-order valence-electron chi connectivity index (χ1n) is 12.1. The summed E-state index contributed by atoms with van der Waals surface area (Å²) in [6, 6.07) is 9.01. The Balaban J connectivity index is 0. The highest BCUT2D eigenvalue weighted by atomic mass is 35.5. The summed E-state index contributed by atoms with van der Waals surface area (Å²) in [5.41, 5.74) is 0.617. The molecule has 3 nitrogen and oxygen atoms in total. The van der Waals surface area contributed by atoms with Gasteiger partial charge in [0.2, 0.25) is 0 Å². The Bertz CT molecular complexity index is 433. The summed E-state index contributed by atoms with van der Waals surface area (Å²) in [4.78, 5) is 13.8. The molecule has 0 saturated carbocycles. The Hall–Kier alpha value is -1.06. The molecule has 1 aromatic rings. The number of rotatable bonds is 14. The quantitative estimate of drug-likeness (QED) is 0.216. The van der Waals surface area contributed by atoms with Crippen LogP contribution in [0.3, 0.4) is 0 Å². The molecule has 0 aliphatic rings. The minimum absolute atomic E-state index is 0.238. The lowest BCUT2D eigenvalue weighted by atomic mass is 10.2. The number of alkyl halides is 1. The zero-order valence-electron chi connectivity index (χ0n) is 20.4. The average molecular weight is 442 g/mol. The second-order valence-corrected chi connectivity index (χ2v) is 7.82. The molecule has 0 heterocycles. The summed E-state index contributed by atoms with van der Waals surface area (Å²) in [6.07, 6.45) is 11.3. The molecule has 0 amide bonds. The first-order valence-corrected chi connectivity index (χ1v) is 12.6. The Morgan fingerprint density at radius 1 is 0.767 bits per heavy atom. The average Bonchev–Trinajstić information content (AvgIpc) is 2.79. The van der Waals surface area contributed by atoms with Crippen molar-refractivity contribution in [1.29, 1.82) is 0 Å². The molecule has 0 atom stereocenters. The van der Waals surface area contributed by atoms with E-state index < -0.39 is 0 Å². The summed E-state index contributed by atoms with van der Waals surface area (Å²) >= 11 is 5.30. The van der Waals surface area contributed by atoms with Crippen molar-refractivity contribution in [1.82, 2.24) is 4.90 Å². The van der Waals surface area contributed by atoms with Crippen LogP contribution in [-0.4, -0.2) is 43.0 Å². The van der Waals surface area contributed by atoms with Crippen molar-refractivity contribution >= 4 is 17.6 Å². The molecule has 1 aromatic carbocycles. The van der Waals surface area contributed by atoms with Gasteiger partial charge in [0, 0.05) is 5.88 Å². The van der Waals surface area contributed by atoms with E-state index >= 15 is 0 Å². The summed E-state index contributed by atoms with van der Waals surface area (Å²) < 4.78 is 4.94. The maximum Gasteiger partial charge on any atom is 0.338 e. The van der Waals surface area contributed by atoms with Crippen molar-refractivity contribution in [3.8, 4) is 0 Å². The first-order chi connectivity index (χ1) is 14.6. The molecule has 176 valence electrons. The molecule has 0 spiro atoms. The number of ether oxygens (including phenoxy) is 1. The van der Waals surface area contributed by atoms with E-state index in [1.807, 2.05) is 25.1 Å². The van der Waals surface area contributed by atoms with E-state index in [1.165, 1.54) is 64.6 Å². The SMILES string of the molecule is CCCCCl.CCCCN(CCCC)CCCC.CCCOC(=O)c1ccccc1. The zero-order valence-corrected chi connectivity index (χ0v) is 21.2. The molecule has 0 unspecified atom stereocenters. The zero-order chi connectivity index (χ0) is 22.9. The number of carbonyl (C=O) groups is 1. The van der Waals surface area contributed by atoms with Crippen molar-refractivity contribution < 1.29 is 9.53 Å². The van der Waals surface area contributed by atoms with Gasteiger partial charge in [-0.15, -0.1) is 11.6 Å². The fraction of sp³-hybridized carbons (Fsp3) is 0.731. The fourth-order valence-electron chi connectivity index (χ4n) is 2.47. The van der Waals surface area contributed by atoms with Crippen molar-refractivity contribution in [3.63, 3.8) is 0 Å². The van der Waals surface area contributed by atoms with Crippen LogP contribution in [0.5, 0.6) is 0 Å². The van der Waals surface area contributed by atoms with Gasteiger partial charge < -0.3 is 9.64 Å². The van der Waals surface area contributed by atoms with Crippen molar-refractivity contribution in [2.45, 2.75) is 92.4 Å². The monoisotopic (exact) mass is 441 g/mol. The summed E-state index contributed by atoms with van der Waals surface area (Å²) in [5, 5.41) is 0. The van der Waals surface area contributed by atoms with Gasteiger partial charge >= 0.3 is 5.97 Å². The third-order valence-electron chi connectivity index (χ3n) is 4.42. The molecule has 0 aliphatic carbocycles. The Kier molecular flexibility index (Phi) is 27.0. The molecule has 1 rings (SSSR count). The van der Waals surface area contributed by atoms with Gasteiger partial charge in [-0.3, -0.25) is 0 Å². The minimum atomic E-state index is -0.238. The summed E-state index contributed by atoms with van der Waals surface area (Å²) in [7, 11) is 0. The molecule has 0 bridgehead atoms. The van der Waals surface area contributed by atoms with Crippen LogP contribution in [0.15, 0.2) is 30.3 Å². The lowest BCUT2D eigenvalue weighted by molar-refractivity contribution is 0.0505. The van der Waals surface area contributed by atoms with Crippen LogP contribution in [0.25, 0.3) is 0 Å². The molecular weight excluding hydrogens is 394 g/mol. The molecule has 0 radical (unpaired) electrons. The number of halogens is 1. The van der Waals surface area contributed by atoms with E-state index in [2.05, 4.69) is 32.6 Å². The predicted molar refractivity (Wildman–Crippen MR) is 134 cm³/mol. The highest BCUT2D eigenvalue weighted by Gasteiger charge is 2.03. The van der Waals surface area contributed by atoms with E-state index in [0.717, 1.165) is 18.7 Å². The van der Waals surface area contributed by atoms with Crippen LogP contribution in [-0.2, 0) is 4.74 Å². The number of carbonyl (C=O) groups excluding carboxylic acids is 1. The number of hydrogen-bond donors (Lipinski definition) is 0. The Morgan fingerprint density at radius 2 is 1.23 bits per heavy atom. The number of esters is 1. The number of benzene rings is 1. The van der Waals surface area contributed by atoms with Gasteiger partial charge in [-0.1, -0.05) is 78.5 Å². The van der Waals surface area contributed by atoms with Gasteiger partial charge in [-0.05, 0) is 63.9 Å². The molecule has 30 heavy (non-hydrogen) atoms. The second kappa shape index (κ2) is 26.0. The van der Waals surface area contributed by atoms with Crippen LogP contribution in [0.1, 0.15) is 103 Å². The summed E-state index contributed by atoms with van der Waals surface area (Å²) in [6.45, 7) is 15.4. The molecule has 0 fully saturated rings. The third kappa shape index (κ3) is 21.6. The molecular formula is C26H48ClNO2. The lowest BCUT2D eigenvalue weighted by Crippen LogP contribution is -2.27. The molecule has 0 N–H and O–H groups in total. The van der Waals surface area contributed by atoms with Gasteiger partial charge in [0.1, 0.15) is 0 Å². The molecule has 0 aromatic heterocycles. The second-order valence-electron chi connectivity index (χ2n) is 7.45. The third-order valence-corrected chi connectivity index (χ3v) is 4.68. The Morgan fingerprint density at radius 3 is 1.57 bits per heavy atom. The number of hydrogen-bond acceptors (Lipinski definition) is 3. The summed E-state index contributed by atoms with van der Waals surface area (Å²) in [5.74, 6) is 0.578. The molecule has 0 aliphatic heterocycles. The van der Waals surface area contributed by atoms with Crippen LogP contribution < -0.4 is 0 Å². The highest BCUT2D eigenvalue weighted by molar-refractivity contribution is 6.17. The van der Waals surface area contributed by atoms with Gasteiger partial charge in [0.05, 0.1) is 12.2 Å². The predicted octanol–water partition coefficient (Wildman–Crippen LogP) is 7.97. The largest absolute Gasteiger partial charge is 0.462 e.